The lowest BCUT2D eigenvalue weighted by Gasteiger charge is -2.47. The van der Waals surface area contributed by atoms with Gasteiger partial charge >= 0.3 is 6.09 Å². The molecule has 1 saturated heterocycles. The predicted molar refractivity (Wildman–Crippen MR) is 206 cm³/mol. The van der Waals surface area contributed by atoms with E-state index in [0.717, 1.165) is 18.7 Å². The summed E-state index contributed by atoms with van der Waals surface area (Å²) >= 11 is 0. The molecular weight excluding hydrogens is 803 g/mol. The van der Waals surface area contributed by atoms with Gasteiger partial charge in [0.2, 0.25) is 33.6 Å². The van der Waals surface area contributed by atoms with Gasteiger partial charge in [-0.15, -0.1) is 0 Å². The van der Waals surface area contributed by atoms with Gasteiger partial charge in [-0.3, -0.25) is 24.0 Å². The van der Waals surface area contributed by atoms with E-state index in [1.807, 2.05) is 11.6 Å². The molecule has 3 heterocycles. The van der Waals surface area contributed by atoms with Crippen LogP contribution in [-0.4, -0.2) is 112 Å². The number of benzene rings is 1. The van der Waals surface area contributed by atoms with Gasteiger partial charge in [0.15, 0.2) is 0 Å². The molecule has 2 aliphatic heterocycles. The first-order valence-corrected chi connectivity index (χ1v) is 21.1. The minimum Gasteiger partial charge on any atom is -0.481 e. The number of amides is 4. The highest BCUT2D eigenvalue weighted by molar-refractivity contribution is 7.91. The molecule has 2 saturated carbocycles. The summed E-state index contributed by atoms with van der Waals surface area (Å²) in [6, 6.07) is 2.05. The fraction of sp³-hybridized carbons (Fsp3) is 0.625. The Morgan fingerprint density at radius 2 is 1.83 bits per heavy atom. The molecule has 4 amide bonds. The van der Waals surface area contributed by atoms with Gasteiger partial charge in [0, 0.05) is 30.7 Å². The molecule has 59 heavy (non-hydrogen) atoms. The van der Waals surface area contributed by atoms with Crippen LogP contribution in [0.3, 0.4) is 0 Å². The van der Waals surface area contributed by atoms with E-state index in [-0.39, 0.29) is 56.3 Å². The fourth-order valence-corrected chi connectivity index (χ4v) is 9.76. The normalized spacial score (nSPS) is 28.7. The number of ether oxygens (including phenoxy) is 2. The maximum Gasteiger partial charge on any atom is 0.408 e. The molecule has 324 valence electrons. The number of carbonyl (C=O) groups is 4. The van der Waals surface area contributed by atoms with Crippen molar-refractivity contribution >= 4 is 44.6 Å². The number of nitrogens with zero attached hydrogens (tertiary/aromatic N) is 3. The molecule has 0 spiro atoms. The molecule has 1 aromatic carbocycles. The molecule has 19 heteroatoms. The lowest BCUT2D eigenvalue weighted by Crippen LogP contribution is -2.66. The third-order valence-corrected chi connectivity index (χ3v) is 14.7. The Morgan fingerprint density at radius 1 is 1.14 bits per heavy atom. The maximum absolute atomic E-state index is 15.4. The Morgan fingerprint density at radius 3 is 2.44 bits per heavy atom. The molecule has 1 aromatic heterocycles. The molecule has 2 aliphatic carbocycles. The van der Waals surface area contributed by atoms with Gasteiger partial charge in [-0.1, -0.05) is 26.0 Å². The number of hydrogen-bond acceptors (Lipinski definition) is 9. The van der Waals surface area contributed by atoms with Crippen LogP contribution in [-0.2, 0) is 24.4 Å². The number of methoxy groups -OCH3 is 1. The van der Waals surface area contributed by atoms with E-state index in [1.54, 1.807) is 19.1 Å². The smallest absolute Gasteiger partial charge is 0.408 e. The zero-order valence-corrected chi connectivity index (χ0v) is 34.6. The molecular formula is C40H51F4N5O9S. The molecule has 0 bridgehead atoms. The van der Waals surface area contributed by atoms with Gasteiger partial charge in [-0.25, -0.2) is 30.8 Å². The first kappa shape index (κ1) is 43.9. The maximum atomic E-state index is 15.4. The summed E-state index contributed by atoms with van der Waals surface area (Å²) < 4.78 is 97.1. The molecule has 3 N–H and O–H groups in total. The van der Waals surface area contributed by atoms with E-state index >= 15 is 13.6 Å². The van der Waals surface area contributed by atoms with Crippen LogP contribution in [0.4, 0.5) is 22.4 Å². The summed E-state index contributed by atoms with van der Waals surface area (Å²) in [4.78, 5) is 62.6. The third-order valence-electron chi connectivity index (χ3n) is 12.6. The van der Waals surface area contributed by atoms with Gasteiger partial charge in [-0.05, 0) is 87.8 Å². The van der Waals surface area contributed by atoms with Crippen molar-refractivity contribution in [1.29, 1.82) is 0 Å². The van der Waals surface area contributed by atoms with Crippen molar-refractivity contribution in [2.45, 2.75) is 119 Å². The SMILES string of the molecule is COc1cc2cc(F)ccc2c(O[C@@H]2C[C@H]3C(=O)N[C@]4(C(=O)NS(=O)(=O)C5(CF)CC5)C[C@H]4C=CCC[C@H](C)C[C@@H](C)[C@H](N(C(=O)O)C(C)(C)C(C)(F)F)C(=O)N3C2)n1. The van der Waals surface area contributed by atoms with Crippen LogP contribution < -0.4 is 19.5 Å². The van der Waals surface area contributed by atoms with E-state index in [0.29, 0.717) is 35.4 Å². The fourth-order valence-electron chi connectivity index (χ4n) is 8.34. The molecule has 0 unspecified atom stereocenters. The van der Waals surface area contributed by atoms with E-state index < -0.39 is 98.1 Å². The summed E-state index contributed by atoms with van der Waals surface area (Å²) in [5.74, 6) is -8.88. The van der Waals surface area contributed by atoms with E-state index in [2.05, 4.69) is 10.3 Å². The Labute approximate surface area is 340 Å². The number of sulfonamides is 1. The predicted octanol–water partition coefficient (Wildman–Crippen LogP) is 5.35. The van der Waals surface area contributed by atoms with Crippen LogP contribution >= 0.6 is 0 Å². The van der Waals surface area contributed by atoms with Gasteiger partial charge in [0.1, 0.15) is 46.5 Å². The van der Waals surface area contributed by atoms with Crippen LogP contribution in [0.25, 0.3) is 10.8 Å². The van der Waals surface area contributed by atoms with Crippen molar-refractivity contribution in [3.8, 4) is 11.8 Å². The van der Waals surface area contributed by atoms with Crippen molar-refractivity contribution in [3.05, 3.63) is 42.2 Å². The highest BCUT2D eigenvalue weighted by Gasteiger charge is 2.64. The highest BCUT2D eigenvalue weighted by Crippen LogP contribution is 2.48. The second-order valence-electron chi connectivity index (χ2n) is 17.2. The van der Waals surface area contributed by atoms with Crippen LogP contribution in [0.2, 0.25) is 0 Å². The topological polar surface area (TPSA) is 185 Å². The van der Waals surface area contributed by atoms with Gasteiger partial charge in [-0.2, -0.15) is 4.98 Å². The summed E-state index contributed by atoms with van der Waals surface area (Å²) in [5, 5.41) is 14.0. The number of pyridine rings is 1. The number of rotatable bonds is 10. The molecule has 4 aliphatic rings. The second-order valence-corrected chi connectivity index (χ2v) is 19.3. The van der Waals surface area contributed by atoms with E-state index in [1.165, 1.54) is 31.4 Å². The largest absolute Gasteiger partial charge is 0.481 e. The number of aromatic nitrogens is 1. The van der Waals surface area contributed by atoms with Crippen molar-refractivity contribution in [1.82, 2.24) is 24.8 Å². The summed E-state index contributed by atoms with van der Waals surface area (Å²) in [7, 11) is -3.16. The third kappa shape index (κ3) is 8.27. The number of carboxylic acid groups (broad SMARTS) is 1. The molecule has 6 rings (SSSR count). The monoisotopic (exact) mass is 853 g/mol. The van der Waals surface area contributed by atoms with Gasteiger partial charge in [0.05, 0.1) is 13.7 Å². The number of carbonyl (C=O) groups excluding carboxylic acids is 3. The minimum absolute atomic E-state index is 0.00755. The lowest BCUT2D eigenvalue weighted by molar-refractivity contribution is -0.156. The second kappa shape index (κ2) is 15.7. The highest BCUT2D eigenvalue weighted by atomic mass is 32.2. The van der Waals surface area contributed by atoms with Crippen LogP contribution in [0.15, 0.2) is 36.4 Å². The Hall–Kier alpha value is -4.68. The number of allylic oxidation sites excluding steroid dienone is 1. The van der Waals surface area contributed by atoms with Crippen LogP contribution in [0.5, 0.6) is 11.8 Å². The van der Waals surface area contributed by atoms with E-state index in [9.17, 15) is 36.7 Å². The molecule has 7 atom stereocenters. The number of fused-ring (bicyclic) bond motifs is 3. The van der Waals surface area contributed by atoms with Gasteiger partial charge < -0.3 is 24.8 Å². The number of halogens is 4. The molecule has 14 nitrogen and oxygen atoms in total. The quantitative estimate of drug-likeness (QED) is 0.208. The molecule has 3 fully saturated rings. The standard InChI is InChI=1S/C40H51F4N5O9S/c1-22-9-7-8-10-25-19-40(25,35(52)47-59(55,56)39(21-41)13-14-39)46-32(50)29-18-27(58-33-28-12-11-26(42)16-24(28)17-30(45-33)57-6)20-48(29)34(51)31(23(2)15-22)49(36(53)54)37(3,4)38(5,43)44/h8,10-12,16-17,22-23,25,27,29,31H,7,9,13-15,18-21H2,1-6H3,(H,46,50)(H,47,52)(H,53,54)/t22-,23+,25+,27+,29-,31-,40+/m0/s1. The molecule has 2 aromatic rings. The average molecular weight is 854 g/mol. The van der Waals surface area contributed by atoms with Crippen molar-refractivity contribution < 1.29 is 59.7 Å². The molecule has 0 radical (unpaired) electrons. The first-order valence-electron chi connectivity index (χ1n) is 19.6. The summed E-state index contributed by atoms with van der Waals surface area (Å²) in [6.07, 6.45) is 1.52. The lowest BCUT2D eigenvalue weighted by atomic mass is 9.84. The average Bonchev–Trinajstić information content (AvgIpc) is 4.05. The number of nitrogens with one attached hydrogen (secondary N) is 2. The van der Waals surface area contributed by atoms with Crippen molar-refractivity contribution in [2.24, 2.45) is 17.8 Å². The Balaban J connectivity index is 1.44. The summed E-state index contributed by atoms with van der Waals surface area (Å²) in [5.41, 5.74) is -4.25. The van der Waals surface area contributed by atoms with Gasteiger partial charge in [0.25, 0.3) is 11.8 Å². The Kier molecular flexibility index (Phi) is 11.7. The minimum atomic E-state index is -4.50. The summed E-state index contributed by atoms with van der Waals surface area (Å²) in [6.45, 7) is 4.47. The number of hydrogen-bond donors (Lipinski definition) is 3. The van der Waals surface area contributed by atoms with Crippen molar-refractivity contribution in [3.63, 3.8) is 0 Å². The zero-order valence-electron chi connectivity index (χ0n) is 33.8. The number of alkyl halides is 3. The van der Waals surface area contributed by atoms with Crippen LogP contribution in [0.1, 0.15) is 79.6 Å². The Bertz CT molecular complexity index is 2150. The first-order chi connectivity index (χ1) is 27.5. The van der Waals surface area contributed by atoms with Crippen molar-refractivity contribution in [2.75, 3.05) is 20.3 Å². The van der Waals surface area contributed by atoms with E-state index in [4.69, 9.17) is 9.47 Å². The van der Waals surface area contributed by atoms with Crippen LogP contribution in [0, 0.1) is 23.6 Å². The zero-order chi connectivity index (χ0) is 43.5.